The maximum atomic E-state index is 12.2. The Morgan fingerprint density at radius 3 is 2.25 bits per heavy atom. The lowest BCUT2D eigenvalue weighted by molar-refractivity contribution is -0.138. The van der Waals surface area contributed by atoms with Crippen LogP contribution in [0, 0.1) is 0 Å². The van der Waals surface area contributed by atoms with Gasteiger partial charge in [0.05, 0.1) is 6.61 Å². The van der Waals surface area contributed by atoms with Crippen LogP contribution in [0.3, 0.4) is 0 Å². The zero-order valence-corrected chi connectivity index (χ0v) is 16.7. The van der Waals surface area contributed by atoms with E-state index in [0.29, 0.717) is 30.7 Å². The van der Waals surface area contributed by atoms with Gasteiger partial charge in [-0.2, -0.15) is 0 Å². The summed E-state index contributed by atoms with van der Waals surface area (Å²) in [7, 11) is 0. The molecule has 0 aliphatic carbocycles. The lowest BCUT2D eigenvalue weighted by Gasteiger charge is -2.31. The van der Waals surface area contributed by atoms with Gasteiger partial charge in [-0.15, -0.1) is 0 Å². The van der Waals surface area contributed by atoms with Crippen LogP contribution in [-0.4, -0.2) is 25.0 Å². The smallest absolute Gasteiger partial charge is 0.333 e. The first-order valence-electron chi connectivity index (χ1n) is 9.70. The summed E-state index contributed by atoms with van der Waals surface area (Å²) in [5.74, 6) is -0.417. The van der Waals surface area contributed by atoms with Crippen molar-refractivity contribution in [1.82, 2.24) is 5.32 Å². The van der Waals surface area contributed by atoms with E-state index in [-0.39, 0.29) is 17.3 Å². The molecule has 4 nitrogen and oxygen atoms in total. The van der Waals surface area contributed by atoms with Crippen molar-refractivity contribution < 1.29 is 14.3 Å². The molecule has 0 aromatic heterocycles. The summed E-state index contributed by atoms with van der Waals surface area (Å²) in [4.78, 5) is 24.2. The highest BCUT2D eigenvalue weighted by atomic mass is 16.5. The van der Waals surface area contributed by atoms with Gasteiger partial charge in [0.2, 0.25) is 0 Å². The number of hydrogen-bond acceptors (Lipinski definition) is 3. The van der Waals surface area contributed by atoms with Gasteiger partial charge in [-0.3, -0.25) is 4.79 Å². The molecule has 1 N–H and O–H groups in total. The molecular weight excluding hydrogens is 350 g/mol. The Kier molecular flexibility index (Phi) is 8.00. The van der Waals surface area contributed by atoms with Crippen LogP contribution in [0.5, 0.6) is 0 Å². The minimum absolute atomic E-state index is 0.0713. The van der Waals surface area contributed by atoms with Gasteiger partial charge in [0.1, 0.15) is 0 Å². The number of benzene rings is 2. The van der Waals surface area contributed by atoms with Crippen molar-refractivity contribution in [3.63, 3.8) is 0 Å². The lowest BCUT2D eigenvalue weighted by atomic mass is 9.74. The molecule has 0 heterocycles. The Balaban J connectivity index is 1.99. The van der Waals surface area contributed by atoms with Crippen LogP contribution >= 0.6 is 0 Å². The second-order valence-corrected chi connectivity index (χ2v) is 7.15. The number of rotatable bonds is 10. The highest BCUT2D eigenvalue weighted by Crippen LogP contribution is 2.35. The average Bonchev–Trinajstić information content (AvgIpc) is 2.72. The van der Waals surface area contributed by atoms with E-state index in [1.165, 1.54) is 0 Å². The van der Waals surface area contributed by atoms with E-state index >= 15 is 0 Å². The van der Waals surface area contributed by atoms with Gasteiger partial charge in [-0.05, 0) is 49.3 Å². The van der Waals surface area contributed by atoms with Crippen LogP contribution in [0.15, 0.2) is 72.8 Å². The second-order valence-electron chi connectivity index (χ2n) is 7.15. The maximum absolute atomic E-state index is 12.2. The van der Waals surface area contributed by atoms with Crippen LogP contribution in [0.2, 0.25) is 0 Å². The van der Waals surface area contributed by atoms with Crippen molar-refractivity contribution in [2.24, 2.45) is 0 Å². The quantitative estimate of drug-likeness (QED) is 0.371. The van der Waals surface area contributed by atoms with Gasteiger partial charge in [-0.1, -0.05) is 62.0 Å². The van der Waals surface area contributed by atoms with E-state index in [0.717, 1.165) is 18.4 Å². The zero-order chi connectivity index (χ0) is 20.4. The second kappa shape index (κ2) is 10.5. The molecule has 2 aromatic rings. The molecule has 0 aliphatic rings. The molecule has 0 aliphatic heterocycles. The van der Waals surface area contributed by atoms with Crippen LogP contribution < -0.4 is 5.32 Å². The van der Waals surface area contributed by atoms with Crippen molar-refractivity contribution in [3.05, 3.63) is 83.9 Å². The van der Waals surface area contributed by atoms with Gasteiger partial charge >= 0.3 is 5.97 Å². The Hall–Kier alpha value is -2.88. The fraction of sp³-hybridized carbons (Fsp3) is 0.333. The first kappa shape index (κ1) is 21.4. The lowest BCUT2D eigenvalue weighted by Crippen LogP contribution is -2.29. The van der Waals surface area contributed by atoms with Gasteiger partial charge in [0, 0.05) is 17.7 Å². The first-order valence-corrected chi connectivity index (χ1v) is 9.70. The minimum Gasteiger partial charge on any atom is -0.463 e. The van der Waals surface area contributed by atoms with E-state index in [9.17, 15) is 9.59 Å². The highest BCUT2D eigenvalue weighted by molar-refractivity contribution is 5.94. The fourth-order valence-electron chi connectivity index (χ4n) is 3.32. The van der Waals surface area contributed by atoms with Gasteiger partial charge < -0.3 is 10.1 Å². The molecule has 1 amide bonds. The zero-order valence-electron chi connectivity index (χ0n) is 16.7. The van der Waals surface area contributed by atoms with E-state index in [1.54, 1.807) is 19.1 Å². The predicted molar refractivity (Wildman–Crippen MR) is 112 cm³/mol. The van der Waals surface area contributed by atoms with E-state index in [2.05, 4.69) is 31.0 Å². The molecule has 4 heteroatoms. The van der Waals surface area contributed by atoms with Gasteiger partial charge in [0.25, 0.3) is 5.91 Å². The maximum Gasteiger partial charge on any atom is 0.333 e. The van der Waals surface area contributed by atoms with E-state index < -0.39 is 0 Å². The molecule has 0 spiro atoms. The molecule has 148 valence electrons. The summed E-state index contributed by atoms with van der Waals surface area (Å²) in [6, 6.07) is 19.3. The number of esters is 1. The highest BCUT2D eigenvalue weighted by Gasteiger charge is 2.29. The van der Waals surface area contributed by atoms with Crippen LogP contribution in [0.1, 0.15) is 49.0 Å². The Morgan fingerprint density at radius 1 is 1.04 bits per heavy atom. The molecule has 0 radical (unpaired) electrons. The molecule has 0 fully saturated rings. The van der Waals surface area contributed by atoms with Crippen LogP contribution in [0.25, 0.3) is 0 Å². The largest absolute Gasteiger partial charge is 0.463 e. The van der Waals surface area contributed by atoms with Crippen molar-refractivity contribution in [2.45, 2.75) is 38.5 Å². The van der Waals surface area contributed by atoms with E-state index in [1.807, 2.05) is 36.4 Å². The third kappa shape index (κ3) is 6.08. The summed E-state index contributed by atoms with van der Waals surface area (Å²) >= 11 is 0. The standard InChI is InChI=1S/C24H29NO3/c1-4-28-23(27)19(2)18-24(3,21-14-9-6-10-15-21)16-11-17-25-22(26)20-12-7-5-8-13-20/h5-10,12-15H,2,4,11,16-18H2,1,3H3,(H,25,26). The SMILES string of the molecule is C=C(CC(C)(CCCNC(=O)c1ccccc1)c1ccccc1)C(=O)OCC. The first-order chi connectivity index (χ1) is 13.5. The third-order valence-electron chi connectivity index (χ3n) is 4.87. The Morgan fingerprint density at radius 2 is 1.64 bits per heavy atom. The van der Waals surface area contributed by atoms with Gasteiger partial charge in [0.15, 0.2) is 0 Å². The van der Waals surface area contributed by atoms with E-state index in [4.69, 9.17) is 4.74 Å². The molecule has 28 heavy (non-hydrogen) atoms. The summed E-state index contributed by atoms with van der Waals surface area (Å²) in [6.45, 7) is 8.77. The van der Waals surface area contributed by atoms with Crippen LogP contribution in [0.4, 0.5) is 0 Å². The number of amides is 1. The van der Waals surface area contributed by atoms with Crippen LogP contribution in [-0.2, 0) is 14.9 Å². The molecule has 1 atom stereocenters. The van der Waals surface area contributed by atoms with Crippen molar-refractivity contribution in [1.29, 1.82) is 0 Å². The summed E-state index contributed by atoms with van der Waals surface area (Å²) < 4.78 is 5.10. The van der Waals surface area contributed by atoms with Crippen molar-refractivity contribution in [2.75, 3.05) is 13.2 Å². The van der Waals surface area contributed by atoms with Gasteiger partial charge in [-0.25, -0.2) is 4.79 Å². The average molecular weight is 380 g/mol. The molecule has 2 rings (SSSR count). The topological polar surface area (TPSA) is 55.4 Å². The number of nitrogens with one attached hydrogen (secondary N) is 1. The summed E-state index contributed by atoms with van der Waals surface area (Å²) in [5.41, 5.74) is 2.02. The fourth-order valence-corrected chi connectivity index (χ4v) is 3.32. The molecule has 0 bridgehead atoms. The van der Waals surface area contributed by atoms with Crippen molar-refractivity contribution >= 4 is 11.9 Å². The normalized spacial score (nSPS) is 12.6. The molecule has 2 aromatic carbocycles. The molecule has 1 unspecified atom stereocenters. The number of hydrogen-bond donors (Lipinski definition) is 1. The summed E-state index contributed by atoms with van der Waals surface area (Å²) in [5, 5.41) is 2.97. The number of ether oxygens (including phenoxy) is 1. The predicted octanol–water partition coefficient (Wildman–Crippen LogP) is 4.66. The third-order valence-corrected chi connectivity index (χ3v) is 4.87. The molecule has 0 saturated heterocycles. The summed E-state index contributed by atoms with van der Waals surface area (Å²) in [6.07, 6.45) is 2.12. The Bertz CT molecular complexity index is 786. The number of carbonyl (C=O) groups excluding carboxylic acids is 2. The monoisotopic (exact) mass is 379 g/mol. The molecule has 0 saturated carbocycles. The minimum atomic E-state index is -0.345. The van der Waals surface area contributed by atoms with Crippen molar-refractivity contribution in [3.8, 4) is 0 Å². The number of carbonyl (C=O) groups is 2. The molecular formula is C24H29NO3. The Labute approximate surface area is 167 Å².